The van der Waals surface area contributed by atoms with Gasteiger partial charge in [0.15, 0.2) is 0 Å². The average molecular weight is 233 g/mol. The largest absolute Gasteiger partial charge is 0.394 e. The molecule has 0 radical (unpaired) electrons. The number of aromatic amines is 1. The van der Waals surface area contributed by atoms with Crippen molar-refractivity contribution in [2.24, 2.45) is 0 Å². The number of nitrogen functional groups attached to an aromatic ring is 1. The highest BCUT2D eigenvalue weighted by Crippen LogP contribution is 2.07. The summed E-state index contributed by atoms with van der Waals surface area (Å²) in [7, 11) is 0. The summed E-state index contributed by atoms with van der Waals surface area (Å²) in [6.07, 6.45) is 0.700. The molecule has 0 saturated carbocycles. The van der Waals surface area contributed by atoms with Crippen molar-refractivity contribution in [3.05, 3.63) is 35.9 Å². The van der Waals surface area contributed by atoms with E-state index in [2.05, 4.69) is 20.5 Å². The Hall–Kier alpha value is -2.08. The summed E-state index contributed by atoms with van der Waals surface area (Å²) in [6.45, 7) is 0.00331. The Balaban J connectivity index is 1.98. The predicted molar refractivity (Wildman–Crippen MR) is 65.4 cm³/mol. The van der Waals surface area contributed by atoms with Crippen molar-refractivity contribution in [2.45, 2.75) is 12.5 Å². The zero-order valence-electron chi connectivity index (χ0n) is 9.30. The molecule has 1 atom stereocenters. The molecule has 0 aliphatic heterocycles. The second-order valence-electron chi connectivity index (χ2n) is 3.76. The highest BCUT2D eigenvalue weighted by atomic mass is 16.3. The van der Waals surface area contributed by atoms with Gasteiger partial charge in [-0.3, -0.25) is 0 Å². The standard InChI is InChI=1S/C11H15N5O/c12-10-14-11(16-15-10)13-9(7-17)6-8-4-2-1-3-5-8/h1-5,9,17H,6-7H2,(H4,12,13,14,15,16). The molecule has 1 aromatic carbocycles. The molecule has 2 aromatic rings. The van der Waals surface area contributed by atoms with Crippen LogP contribution in [0.15, 0.2) is 30.3 Å². The van der Waals surface area contributed by atoms with E-state index in [4.69, 9.17) is 5.73 Å². The van der Waals surface area contributed by atoms with Crippen LogP contribution in [0.2, 0.25) is 0 Å². The van der Waals surface area contributed by atoms with Crippen LogP contribution in [0.4, 0.5) is 11.9 Å². The first-order valence-electron chi connectivity index (χ1n) is 5.37. The van der Waals surface area contributed by atoms with Gasteiger partial charge in [-0.15, -0.1) is 5.10 Å². The molecule has 0 saturated heterocycles. The fraction of sp³-hybridized carbons (Fsp3) is 0.273. The van der Waals surface area contributed by atoms with Gasteiger partial charge in [0.2, 0.25) is 11.9 Å². The van der Waals surface area contributed by atoms with E-state index in [-0.39, 0.29) is 18.6 Å². The van der Waals surface area contributed by atoms with E-state index < -0.39 is 0 Å². The van der Waals surface area contributed by atoms with Crippen LogP contribution in [0.1, 0.15) is 5.56 Å². The minimum absolute atomic E-state index is 0.00331. The number of H-pyrrole nitrogens is 1. The van der Waals surface area contributed by atoms with Gasteiger partial charge in [-0.05, 0) is 12.0 Å². The number of aromatic nitrogens is 3. The van der Waals surface area contributed by atoms with E-state index in [0.717, 1.165) is 5.56 Å². The van der Waals surface area contributed by atoms with Crippen LogP contribution in [-0.2, 0) is 6.42 Å². The zero-order valence-corrected chi connectivity index (χ0v) is 9.30. The molecule has 17 heavy (non-hydrogen) atoms. The molecule has 1 heterocycles. The maximum absolute atomic E-state index is 9.30. The Morgan fingerprint density at radius 3 is 2.71 bits per heavy atom. The van der Waals surface area contributed by atoms with Gasteiger partial charge in [0.1, 0.15) is 0 Å². The number of nitrogens with one attached hydrogen (secondary N) is 2. The Labute approximate surface area is 98.9 Å². The summed E-state index contributed by atoms with van der Waals surface area (Å²) in [5, 5.41) is 18.7. The number of anilines is 2. The molecular formula is C11H15N5O. The van der Waals surface area contributed by atoms with Gasteiger partial charge in [0.05, 0.1) is 12.6 Å². The smallest absolute Gasteiger partial charge is 0.243 e. The summed E-state index contributed by atoms with van der Waals surface area (Å²) in [4.78, 5) is 3.93. The number of hydrogen-bond acceptors (Lipinski definition) is 5. The Bertz CT molecular complexity index is 456. The topological polar surface area (TPSA) is 99.8 Å². The SMILES string of the molecule is Nc1nc(NC(CO)Cc2ccccc2)n[nH]1. The van der Waals surface area contributed by atoms with Gasteiger partial charge in [0.25, 0.3) is 0 Å². The van der Waals surface area contributed by atoms with Crippen molar-refractivity contribution in [1.29, 1.82) is 0 Å². The molecule has 6 nitrogen and oxygen atoms in total. The summed E-state index contributed by atoms with van der Waals surface area (Å²) < 4.78 is 0. The van der Waals surface area contributed by atoms with E-state index in [1.54, 1.807) is 0 Å². The van der Waals surface area contributed by atoms with E-state index in [1.165, 1.54) is 0 Å². The molecule has 0 spiro atoms. The molecule has 2 rings (SSSR count). The molecule has 6 heteroatoms. The molecule has 1 aromatic heterocycles. The number of aliphatic hydroxyl groups is 1. The van der Waals surface area contributed by atoms with E-state index in [9.17, 15) is 5.11 Å². The van der Waals surface area contributed by atoms with E-state index >= 15 is 0 Å². The van der Waals surface area contributed by atoms with Crippen LogP contribution < -0.4 is 11.1 Å². The lowest BCUT2D eigenvalue weighted by Crippen LogP contribution is -2.27. The molecular weight excluding hydrogens is 218 g/mol. The zero-order chi connectivity index (χ0) is 12.1. The van der Waals surface area contributed by atoms with Crippen LogP contribution in [0.3, 0.4) is 0 Å². The number of aliphatic hydroxyl groups excluding tert-OH is 1. The summed E-state index contributed by atoms with van der Waals surface area (Å²) in [5.74, 6) is 0.654. The molecule has 0 bridgehead atoms. The van der Waals surface area contributed by atoms with Crippen molar-refractivity contribution < 1.29 is 5.11 Å². The van der Waals surface area contributed by atoms with Crippen LogP contribution in [-0.4, -0.2) is 32.9 Å². The molecule has 0 fully saturated rings. The maximum Gasteiger partial charge on any atom is 0.243 e. The number of hydrogen-bond donors (Lipinski definition) is 4. The van der Waals surface area contributed by atoms with Crippen LogP contribution >= 0.6 is 0 Å². The second kappa shape index (κ2) is 5.31. The lowest BCUT2D eigenvalue weighted by Gasteiger charge is -2.14. The third-order valence-electron chi connectivity index (χ3n) is 2.38. The van der Waals surface area contributed by atoms with Crippen LogP contribution in [0, 0.1) is 0 Å². The summed E-state index contributed by atoms with van der Waals surface area (Å²) in [5.41, 5.74) is 6.56. The minimum Gasteiger partial charge on any atom is -0.394 e. The monoisotopic (exact) mass is 233 g/mol. The summed E-state index contributed by atoms with van der Waals surface area (Å²) >= 11 is 0. The van der Waals surface area contributed by atoms with E-state index in [1.807, 2.05) is 30.3 Å². The summed E-state index contributed by atoms with van der Waals surface area (Å²) in [6, 6.07) is 9.78. The van der Waals surface area contributed by atoms with Crippen LogP contribution in [0.25, 0.3) is 0 Å². The Morgan fingerprint density at radius 1 is 1.35 bits per heavy atom. The van der Waals surface area contributed by atoms with Crippen molar-refractivity contribution >= 4 is 11.9 Å². The van der Waals surface area contributed by atoms with Gasteiger partial charge >= 0.3 is 0 Å². The second-order valence-corrected chi connectivity index (χ2v) is 3.76. The average Bonchev–Trinajstić information content (AvgIpc) is 2.75. The predicted octanol–water partition coefficient (Wildman–Crippen LogP) is 0.402. The third kappa shape index (κ3) is 3.18. The van der Waals surface area contributed by atoms with Gasteiger partial charge in [-0.1, -0.05) is 30.3 Å². The van der Waals surface area contributed by atoms with E-state index in [0.29, 0.717) is 12.4 Å². The maximum atomic E-state index is 9.30. The number of benzene rings is 1. The van der Waals surface area contributed by atoms with Crippen molar-refractivity contribution in [3.63, 3.8) is 0 Å². The highest BCUT2D eigenvalue weighted by Gasteiger charge is 2.10. The molecule has 0 amide bonds. The Morgan fingerprint density at radius 2 is 2.12 bits per heavy atom. The number of nitrogens with zero attached hydrogens (tertiary/aromatic N) is 2. The first-order valence-corrected chi connectivity index (χ1v) is 5.37. The number of rotatable bonds is 5. The van der Waals surface area contributed by atoms with Gasteiger partial charge in [0, 0.05) is 0 Å². The molecule has 0 aliphatic carbocycles. The van der Waals surface area contributed by atoms with Gasteiger partial charge < -0.3 is 16.2 Å². The van der Waals surface area contributed by atoms with Crippen molar-refractivity contribution in [1.82, 2.24) is 15.2 Å². The van der Waals surface area contributed by atoms with Crippen molar-refractivity contribution in [3.8, 4) is 0 Å². The molecule has 90 valence electrons. The van der Waals surface area contributed by atoms with Gasteiger partial charge in [-0.25, -0.2) is 5.10 Å². The lowest BCUT2D eigenvalue weighted by molar-refractivity contribution is 0.273. The molecule has 0 aliphatic rings. The molecule has 1 unspecified atom stereocenters. The lowest BCUT2D eigenvalue weighted by atomic mass is 10.1. The first-order chi connectivity index (χ1) is 8.28. The minimum atomic E-state index is -0.132. The highest BCUT2D eigenvalue weighted by molar-refractivity contribution is 5.32. The normalized spacial score (nSPS) is 12.3. The fourth-order valence-corrected chi connectivity index (χ4v) is 1.58. The Kier molecular flexibility index (Phi) is 3.56. The molecule has 5 N–H and O–H groups in total. The quantitative estimate of drug-likeness (QED) is 0.599. The van der Waals surface area contributed by atoms with Crippen molar-refractivity contribution in [2.75, 3.05) is 17.7 Å². The van der Waals surface area contributed by atoms with Crippen LogP contribution in [0.5, 0.6) is 0 Å². The fourth-order valence-electron chi connectivity index (χ4n) is 1.58. The third-order valence-corrected chi connectivity index (χ3v) is 2.38. The number of nitrogens with two attached hydrogens (primary N) is 1. The first kappa shape index (κ1) is 11.4. The van der Waals surface area contributed by atoms with Gasteiger partial charge in [-0.2, -0.15) is 4.98 Å².